The van der Waals surface area contributed by atoms with Crippen molar-refractivity contribution in [2.45, 2.75) is 0 Å². The van der Waals surface area contributed by atoms with E-state index in [9.17, 15) is 0 Å². The van der Waals surface area contributed by atoms with Crippen molar-refractivity contribution in [2.24, 2.45) is 0 Å². The maximum absolute atomic E-state index is 0. The monoisotopic (exact) mass is 995 g/mol. The average Bonchev–Trinajstić information content (AvgIpc) is 0. The first kappa shape index (κ1) is 1390. The van der Waals surface area contributed by atoms with E-state index in [-0.39, 0.29) is 303 Å². The molecule has 0 heterocycles. The molecule has 0 aliphatic carbocycles. The molecule has 0 aromatic heterocycles. The zero-order valence-corrected chi connectivity index (χ0v) is 26.5. The molecule has 0 aromatic rings. The van der Waals surface area contributed by atoms with Gasteiger partial charge in [0.05, 0.1) is 0 Å². The van der Waals surface area contributed by atoms with Crippen molar-refractivity contribution < 1.29 is 303 Å². The van der Waals surface area contributed by atoms with Gasteiger partial charge in [-0.15, -0.1) is 0 Å². The average molecular weight is 994 g/mol. The normalized spacial score (nSPS) is 0. The van der Waals surface area contributed by atoms with Gasteiger partial charge in [0.15, 0.2) is 0 Å². The molecular weight excluding hydrogens is 958 g/mol. The molecule has 0 aliphatic heterocycles. The van der Waals surface area contributed by atoms with Gasteiger partial charge in [-0.05, 0) is 0 Å². The van der Waals surface area contributed by atoms with Crippen molar-refractivity contribution in [2.75, 3.05) is 0 Å². The first-order valence-electron chi connectivity index (χ1n) is 0. The third kappa shape index (κ3) is 1170. The van der Waals surface area contributed by atoms with Gasteiger partial charge in [0, 0.05) is 205 Å². The minimum absolute atomic E-state index is 0. The third-order valence-corrected chi connectivity index (χ3v) is 0. The van der Waals surface area contributed by atoms with Crippen molar-refractivity contribution in [1.82, 2.24) is 0 Å². The summed E-state index contributed by atoms with van der Waals surface area (Å²) >= 11 is 0. The van der Waals surface area contributed by atoms with Crippen LogP contribution in [0, 0.1) is 0 Å². The van der Waals surface area contributed by atoms with Crippen LogP contribution in [0.5, 0.6) is 0 Å². The fourth-order valence-electron chi connectivity index (χ4n) is 0. The Morgan fingerprint density at radius 1 is 0.0667 bits per heavy atom. The zero-order valence-electron chi connectivity index (χ0n) is 13.2. The van der Waals surface area contributed by atoms with Gasteiger partial charge in [-0.3, -0.25) is 0 Å². The molecule has 0 rings (SSSR count). The third-order valence-electron chi connectivity index (χ3n) is 0. The largest absolute Gasteiger partial charge is 0.412 e. The fourth-order valence-corrected chi connectivity index (χ4v) is 0. The Morgan fingerprint density at radius 2 is 0.0667 bits per heavy atom. The quantitative estimate of drug-likeness (QED) is 0.204. The summed E-state index contributed by atoms with van der Waals surface area (Å²) in [6.07, 6.45) is 0. The second-order valence-electron chi connectivity index (χ2n) is 0. The molecule has 30 heavy (non-hydrogen) atoms. The van der Waals surface area contributed by atoms with Gasteiger partial charge in [0.25, 0.3) is 0 Å². The van der Waals surface area contributed by atoms with Crippen molar-refractivity contribution in [1.29, 1.82) is 0 Å². The molecule has 36 N–H and O–H groups in total. The van der Waals surface area contributed by atoms with E-state index in [1.54, 1.807) is 0 Å². The van der Waals surface area contributed by atoms with E-state index < -0.39 is 0 Å². The molecule has 0 aromatic carbocycles. The summed E-state index contributed by atoms with van der Waals surface area (Å²) in [5.41, 5.74) is 0. The Bertz CT molecular complexity index is 29.1. The van der Waals surface area contributed by atoms with Crippen LogP contribution in [0.25, 0.3) is 0 Å². The summed E-state index contributed by atoms with van der Waals surface area (Å²) in [4.78, 5) is 0. The van der Waals surface area contributed by atoms with E-state index in [0.29, 0.717) is 0 Å². The van der Waals surface area contributed by atoms with E-state index in [4.69, 9.17) is 0 Å². The fraction of sp³-hybridized carbons (Fsp3) is 0. The Kier molecular flexibility index (Phi) is 59100. The minimum atomic E-state index is 0. The van der Waals surface area contributed by atoms with Crippen LogP contribution in [0.15, 0.2) is 0 Å². The number of hydrogen-bond acceptors (Lipinski definition) is 0. The summed E-state index contributed by atoms with van der Waals surface area (Å²) in [5.74, 6) is 0. The van der Waals surface area contributed by atoms with E-state index in [0.717, 1.165) is 0 Å². The summed E-state index contributed by atoms with van der Waals surface area (Å²) in [5, 5.41) is 0. The second kappa shape index (κ2) is 1280. The van der Waals surface area contributed by atoms with Gasteiger partial charge < -0.3 is 98.6 Å². The van der Waals surface area contributed by atoms with Crippen LogP contribution in [-0.4, -0.2) is 98.6 Å². The molecule has 0 saturated carbocycles. The molecule has 18 nitrogen and oxygen atoms in total. The van der Waals surface area contributed by atoms with Gasteiger partial charge in [-0.2, -0.15) is 0 Å². The molecule has 0 bridgehead atoms. The summed E-state index contributed by atoms with van der Waals surface area (Å²) in [6.45, 7) is 0. The minimum Gasteiger partial charge on any atom is -0.412 e. The number of rotatable bonds is 0. The Balaban J connectivity index is 0. The molecule has 240 valence electrons. The van der Waals surface area contributed by atoms with Crippen LogP contribution >= 0.6 is 0 Å². The standard InChI is InChI=1S/12Fe.18H2O/h;;;;;;;;;;;;18*1H2. The first-order chi connectivity index (χ1) is 0. The van der Waals surface area contributed by atoms with Crippen LogP contribution in [0.3, 0.4) is 0 Å². The van der Waals surface area contributed by atoms with Crippen molar-refractivity contribution in [3.8, 4) is 0 Å². The maximum atomic E-state index is 0. The second-order valence-corrected chi connectivity index (χ2v) is 0. The van der Waals surface area contributed by atoms with Crippen LogP contribution in [0.4, 0.5) is 0 Å². The predicted octanol–water partition coefficient (Wildman–Crippen LogP) is -14.9. The van der Waals surface area contributed by atoms with E-state index in [2.05, 4.69) is 0 Å². The van der Waals surface area contributed by atoms with Crippen molar-refractivity contribution in [3.63, 3.8) is 0 Å². The molecule has 0 amide bonds. The first-order valence-corrected chi connectivity index (χ1v) is 0. The molecule has 0 aliphatic rings. The Labute approximate surface area is 299 Å². The summed E-state index contributed by atoms with van der Waals surface area (Å²) in [6, 6.07) is 0. The molecule has 0 unspecified atom stereocenters. The smallest absolute Gasteiger partial charge is 0 e. The molecule has 0 spiro atoms. The Morgan fingerprint density at radius 3 is 0.0667 bits per heavy atom. The summed E-state index contributed by atoms with van der Waals surface area (Å²) < 4.78 is 0. The zero-order chi connectivity index (χ0) is 0. The summed E-state index contributed by atoms with van der Waals surface area (Å²) in [7, 11) is 0. The van der Waals surface area contributed by atoms with E-state index in [1.165, 1.54) is 0 Å². The van der Waals surface area contributed by atoms with Gasteiger partial charge in [-0.1, -0.05) is 0 Å². The van der Waals surface area contributed by atoms with E-state index >= 15 is 0 Å². The number of hydrogen-bond donors (Lipinski definition) is 0. The van der Waals surface area contributed by atoms with Crippen molar-refractivity contribution in [3.05, 3.63) is 0 Å². The van der Waals surface area contributed by atoms with Gasteiger partial charge >= 0.3 is 0 Å². The van der Waals surface area contributed by atoms with Crippen LogP contribution in [0.1, 0.15) is 0 Å². The molecule has 0 radical (unpaired) electrons. The Hall–Kier alpha value is 5.51. The van der Waals surface area contributed by atoms with Gasteiger partial charge in [0.2, 0.25) is 0 Å². The van der Waals surface area contributed by atoms with Crippen LogP contribution < -0.4 is 0 Å². The molecule has 0 atom stereocenters. The van der Waals surface area contributed by atoms with Crippen molar-refractivity contribution >= 4 is 0 Å². The maximum Gasteiger partial charge on any atom is 0 e. The molecule has 0 fully saturated rings. The predicted molar refractivity (Wildman–Crippen MR) is 65.0 cm³/mol. The molecule has 0 saturated heterocycles. The SMILES string of the molecule is O.O.O.O.O.O.O.O.O.O.O.O.O.O.O.O.O.O.[Fe].[Fe].[Fe].[Fe].[Fe].[Fe].[Fe].[Fe].[Fe].[Fe].[Fe].[Fe]. The van der Waals surface area contributed by atoms with E-state index in [1.807, 2.05) is 0 Å². The molecule has 30 heteroatoms. The topological polar surface area (TPSA) is 567 Å². The van der Waals surface area contributed by atoms with Crippen LogP contribution in [0.2, 0.25) is 0 Å². The van der Waals surface area contributed by atoms with Gasteiger partial charge in [-0.25, -0.2) is 0 Å². The van der Waals surface area contributed by atoms with Gasteiger partial charge in [0.1, 0.15) is 0 Å². The molecular formula is H36Fe12O18. The van der Waals surface area contributed by atoms with Crippen LogP contribution in [-0.2, 0) is 205 Å².